The molecule has 1 heterocycles. The molecule has 19 heavy (non-hydrogen) atoms. The van der Waals surface area contributed by atoms with Crippen molar-refractivity contribution in [3.05, 3.63) is 0 Å². The van der Waals surface area contributed by atoms with E-state index < -0.39 is 30.5 Å². The minimum atomic E-state index is -1.39. The fourth-order valence-electron chi connectivity index (χ4n) is 2.03. The van der Waals surface area contributed by atoms with Gasteiger partial charge in [-0.15, -0.1) is 0 Å². The van der Waals surface area contributed by atoms with Crippen molar-refractivity contribution in [1.29, 1.82) is 0 Å². The number of hydrogen-bond acceptors (Lipinski definition) is 6. The molecule has 4 N–H and O–H groups in total. The molecule has 2 unspecified atom stereocenters. The van der Waals surface area contributed by atoms with Crippen LogP contribution in [0.2, 0.25) is 0 Å². The Morgan fingerprint density at radius 2 is 1.68 bits per heavy atom. The first-order valence-electron chi connectivity index (χ1n) is 6.72. The lowest BCUT2D eigenvalue weighted by molar-refractivity contribution is -0.219. The van der Waals surface area contributed by atoms with Crippen molar-refractivity contribution in [2.45, 2.75) is 64.3 Å². The topological polar surface area (TPSA) is 99.0 Å². The minimum Gasteiger partial charge on any atom is -0.388 e. The summed E-state index contributed by atoms with van der Waals surface area (Å²) in [6.07, 6.45) is -5.77. The van der Waals surface area contributed by atoms with Gasteiger partial charge in [-0.1, -0.05) is 27.7 Å². The van der Waals surface area contributed by atoms with E-state index in [1.54, 1.807) is 13.8 Å². The van der Waals surface area contributed by atoms with Crippen LogP contribution in [0, 0.1) is 5.92 Å². The van der Waals surface area contributed by atoms with Gasteiger partial charge in [0.05, 0.1) is 6.10 Å². The predicted octanol–water partition coefficient (Wildman–Crippen LogP) is -0.940. The van der Waals surface area contributed by atoms with Crippen LogP contribution in [-0.2, 0) is 9.53 Å². The number of hydrogen-bond donors (Lipinski definition) is 4. The number of carbonyl (C=O) groups is 1. The Morgan fingerprint density at radius 3 is 2.16 bits per heavy atom. The van der Waals surface area contributed by atoms with Gasteiger partial charge in [0.1, 0.15) is 24.4 Å². The van der Waals surface area contributed by atoms with Crippen molar-refractivity contribution < 1.29 is 24.9 Å². The predicted molar refractivity (Wildman–Crippen MR) is 69.7 cm³/mol. The summed E-state index contributed by atoms with van der Waals surface area (Å²) < 4.78 is 5.48. The van der Waals surface area contributed by atoms with Crippen molar-refractivity contribution in [3.63, 3.8) is 0 Å². The molecule has 0 saturated carbocycles. The van der Waals surface area contributed by atoms with Gasteiger partial charge in [0.2, 0.25) is 0 Å². The number of rotatable bonds is 5. The van der Waals surface area contributed by atoms with E-state index >= 15 is 0 Å². The van der Waals surface area contributed by atoms with E-state index in [2.05, 4.69) is 5.32 Å². The van der Waals surface area contributed by atoms with E-state index in [9.17, 15) is 20.1 Å². The molecule has 0 aromatic carbocycles. The first kappa shape index (κ1) is 16.5. The fourth-order valence-corrected chi connectivity index (χ4v) is 2.03. The Labute approximate surface area is 113 Å². The lowest BCUT2D eigenvalue weighted by Gasteiger charge is -2.40. The van der Waals surface area contributed by atoms with Crippen molar-refractivity contribution >= 4 is 5.78 Å². The zero-order valence-electron chi connectivity index (χ0n) is 11.9. The number of Topliss-reactive ketones (excluding diaryl/α,β-unsaturated/α-hetero) is 1. The molecule has 1 fully saturated rings. The Bertz CT molecular complexity index is 307. The Morgan fingerprint density at radius 1 is 1.11 bits per heavy atom. The van der Waals surface area contributed by atoms with Crippen molar-refractivity contribution in [1.82, 2.24) is 5.32 Å². The number of carbonyl (C=O) groups excluding carboxylic acids is 1. The monoisotopic (exact) mass is 275 g/mol. The van der Waals surface area contributed by atoms with Gasteiger partial charge in [0.15, 0.2) is 5.78 Å². The molecule has 0 aromatic rings. The van der Waals surface area contributed by atoms with E-state index in [1.165, 1.54) is 0 Å². The number of aliphatic hydroxyl groups is 3. The third-order valence-electron chi connectivity index (χ3n) is 3.29. The quantitative estimate of drug-likeness (QED) is 0.517. The zero-order valence-corrected chi connectivity index (χ0v) is 11.9. The van der Waals surface area contributed by atoms with Gasteiger partial charge in [-0.05, 0) is 0 Å². The maximum atomic E-state index is 11.9. The number of nitrogens with one attached hydrogen (secondary N) is 1. The molecule has 1 rings (SSSR count). The molecule has 0 aliphatic carbocycles. The maximum Gasteiger partial charge on any atom is 0.166 e. The molecule has 1 aliphatic heterocycles. The third-order valence-corrected chi connectivity index (χ3v) is 3.29. The second-order valence-corrected chi connectivity index (χ2v) is 5.69. The van der Waals surface area contributed by atoms with Gasteiger partial charge >= 0.3 is 0 Å². The standard InChI is InChI=1S/C13H25NO5/c1-6(2)9(15)13-12(18)11(17)10(16)8(19-13)5-14-7(3)4/h6-8,10-14,16-18H,5H2,1-4H3/t8-,10?,11+,12?,13+/m0/s1. The lowest BCUT2D eigenvalue weighted by atomic mass is 9.89. The first-order valence-corrected chi connectivity index (χ1v) is 6.72. The molecular formula is C13H25NO5. The van der Waals surface area contributed by atoms with Crippen molar-refractivity contribution in [2.75, 3.05) is 6.54 Å². The summed E-state index contributed by atoms with van der Waals surface area (Å²) in [5, 5.41) is 32.6. The fraction of sp³-hybridized carbons (Fsp3) is 0.923. The minimum absolute atomic E-state index is 0.194. The molecule has 1 saturated heterocycles. The summed E-state index contributed by atoms with van der Waals surface area (Å²) in [6.45, 7) is 7.60. The second-order valence-electron chi connectivity index (χ2n) is 5.69. The summed E-state index contributed by atoms with van der Waals surface area (Å²) in [7, 11) is 0. The summed E-state index contributed by atoms with van der Waals surface area (Å²) in [4.78, 5) is 11.9. The van der Waals surface area contributed by atoms with Gasteiger partial charge in [-0.2, -0.15) is 0 Å². The molecule has 0 amide bonds. The van der Waals surface area contributed by atoms with Gasteiger partial charge in [0, 0.05) is 18.5 Å². The van der Waals surface area contributed by atoms with Gasteiger partial charge in [-0.3, -0.25) is 4.79 Å². The van der Waals surface area contributed by atoms with Gasteiger partial charge in [0.25, 0.3) is 0 Å². The Hall–Kier alpha value is -0.530. The maximum absolute atomic E-state index is 11.9. The Balaban J connectivity index is 2.76. The van der Waals surface area contributed by atoms with Crippen LogP contribution in [0.4, 0.5) is 0 Å². The highest BCUT2D eigenvalue weighted by atomic mass is 16.5. The number of ketones is 1. The molecular weight excluding hydrogens is 250 g/mol. The van der Waals surface area contributed by atoms with Crippen LogP contribution in [0.3, 0.4) is 0 Å². The van der Waals surface area contributed by atoms with Gasteiger partial charge < -0.3 is 25.4 Å². The van der Waals surface area contributed by atoms with E-state index in [-0.39, 0.29) is 17.7 Å². The highest BCUT2D eigenvalue weighted by Crippen LogP contribution is 2.23. The molecule has 5 atom stereocenters. The SMILES string of the molecule is CC(C)NC[C@@H]1O[C@H](C(=O)C(C)C)C(O)[C@H](O)C1O. The van der Waals surface area contributed by atoms with E-state index in [0.29, 0.717) is 6.54 Å². The summed E-state index contributed by atoms with van der Waals surface area (Å²) in [5.41, 5.74) is 0. The Kier molecular flexibility index (Phi) is 5.88. The molecule has 0 bridgehead atoms. The van der Waals surface area contributed by atoms with E-state index in [0.717, 1.165) is 0 Å². The van der Waals surface area contributed by atoms with E-state index in [1.807, 2.05) is 13.8 Å². The first-order chi connectivity index (χ1) is 8.75. The highest BCUT2D eigenvalue weighted by Gasteiger charge is 2.46. The average molecular weight is 275 g/mol. The zero-order chi connectivity index (χ0) is 14.7. The molecule has 6 heteroatoms. The van der Waals surface area contributed by atoms with Crippen LogP contribution in [0.5, 0.6) is 0 Å². The lowest BCUT2D eigenvalue weighted by Crippen LogP contribution is -2.62. The van der Waals surface area contributed by atoms with Crippen LogP contribution >= 0.6 is 0 Å². The number of ether oxygens (including phenoxy) is 1. The van der Waals surface area contributed by atoms with Gasteiger partial charge in [-0.25, -0.2) is 0 Å². The van der Waals surface area contributed by atoms with E-state index in [4.69, 9.17) is 4.74 Å². The van der Waals surface area contributed by atoms with Crippen LogP contribution < -0.4 is 5.32 Å². The second kappa shape index (κ2) is 6.76. The molecule has 0 radical (unpaired) electrons. The molecule has 0 aromatic heterocycles. The average Bonchev–Trinajstić information content (AvgIpc) is 2.34. The normalized spacial score (nSPS) is 35.9. The summed E-state index contributed by atoms with van der Waals surface area (Å²) in [5.74, 6) is -0.575. The smallest absolute Gasteiger partial charge is 0.166 e. The summed E-state index contributed by atoms with van der Waals surface area (Å²) in [6, 6.07) is 0.194. The third kappa shape index (κ3) is 3.97. The molecule has 112 valence electrons. The molecule has 0 spiro atoms. The highest BCUT2D eigenvalue weighted by molar-refractivity contribution is 5.85. The molecule has 1 aliphatic rings. The van der Waals surface area contributed by atoms with Crippen molar-refractivity contribution in [3.8, 4) is 0 Å². The molecule has 6 nitrogen and oxygen atoms in total. The largest absolute Gasteiger partial charge is 0.388 e. The number of aliphatic hydroxyl groups excluding tert-OH is 3. The van der Waals surface area contributed by atoms with Crippen LogP contribution in [0.25, 0.3) is 0 Å². The van der Waals surface area contributed by atoms with Crippen LogP contribution in [0.1, 0.15) is 27.7 Å². The van der Waals surface area contributed by atoms with Crippen LogP contribution in [0.15, 0.2) is 0 Å². The summed E-state index contributed by atoms with van der Waals surface area (Å²) >= 11 is 0. The van der Waals surface area contributed by atoms with Crippen LogP contribution in [-0.4, -0.2) is 64.2 Å². The van der Waals surface area contributed by atoms with Crippen molar-refractivity contribution in [2.24, 2.45) is 5.92 Å².